The van der Waals surface area contributed by atoms with Crippen molar-refractivity contribution < 1.29 is 4.74 Å². The SMILES string of the molecule is Cc1cc(CN2CCOCC2)nc(SCc2ccc(C(C)(C)C)cc2)n1. The molecular weight excluding hydrogens is 342 g/mol. The second-order valence-electron chi connectivity index (χ2n) is 7.91. The highest BCUT2D eigenvalue weighted by Crippen LogP contribution is 2.25. The Hall–Kier alpha value is -1.43. The van der Waals surface area contributed by atoms with Crippen LogP contribution < -0.4 is 0 Å². The predicted octanol–water partition coefficient (Wildman–Crippen LogP) is 4.21. The third-order valence-electron chi connectivity index (χ3n) is 4.56. The van der Waals surface area contributed by atoms with Gasteiger partial charge < -0.3 is 4.74 Å². The van der Waals surface area contributed by atoms with Crippen LogP contribution in [0, 0.1) is 6.92 Å². The molecule has 2 aromatic rings. The smallest absolute Gasteiger partial charge is 0.188 e. The lowest BCUT2D eigenvalue weighted by Gasteiger charge is -2.26. The minimum absolute atomic E-state index is 0.194. The summed E-state index contributed by atoms with van der Waals surface area (Å²) in [5.41, 5.74) is 5.01. The van der Waals surface area contributed by atoms with Crippen LogP contribution in [0.2, 0.25) is 0 Å². The van der Waals surface area contributed by atoms with Gasteiger partial charge >= 0.3 is 0 Å². The highest BCUT2D eigenvalue weighted by atomic mass is 32.2. The Balaban J connectivity index is 1.62. The summed E-state index contributed by atoms with van der Waals surface area (Å²) in [6.07, 6.45) is 0. The van der Waals surface area contributed by atoms with E-state index in [1.807, 2.05) is 6.92 Å². The molecular formula is C21H29N3OS. The molecule has 1 aliphatic heterocycles. The van der Waals surface area contributed by atoms with Gasteiger partial charge in [0.1, 0.15) is 0 Å². The van der Waals surface area contributed by atoms with Crippen molar-refractivity contribution in [3.05, 3.63) is 52.8 Å². The van der Waals surface area contributed by atoms with Crippen molar-refractivity contribution in [2.24, 2.45) is 0 Å². The Morgan fingerprint density at radius 1 is 1.08 bits per heavy atom. The van der Waals surface area contributed by atoms with Crippen molar-refractivity contribution in [2.75, 3.05) is 26.3 Å². The largest absolute Gasteiger partial charge is 0.379 e. The quantitative estimate of drug-likeness (QED) is 0.581. The number of nitrogens with zero attached hydrogens (tertiary/aromatic N) is 3. The number of morpholine rings is 1. The van der Waals surface area contributed by atoms with Crippen LogP contribution in [0.25, 0.3) is 0 Å². The van der Waals surface area contributed by atoms with Crippen LogP contribution in [-0.2, 0) is 22.4 Å². The summed E-state index contributed by atoms with van der Waals surface area (Å²) in [5, 5.41) is 0.869. The first kappa shape index (κ1) is 19.3. The summed E-state index contributed by atoms with van der Waals surface area (Å²) in [6, 6.07) is 11.0. The van der Waals surface area contributed by atoms with Gasteiger partial charge in [0.2, 0.25) is 0 Å². The molecule has 1 aliphatic rings. The van der Waals surface area contributed by atoms with Crippen LogP contribution in [0.4, 0.5) is 0 Å². The maximum Gasteiger partial charge on any atom is 0.188 e. The molecule has 2 heterocycles. The van der Waals surface area contributed by atoms with E-state index in [0.717, 1.165) is 55.1 Å². The number of ether oxygens (including phenoxy) is 1. The Kier molecular flexibility index (Phi) is 6.33. The third-order valence-corrected chi connectivity index (χ3v) is 5.48. The molecule has 0 atom stereocenters. The molecule has 5 heteroatoms. The van der Waals surface area contributed by atoms with Crippen molar-refractivity contribution in [3.8, 4) is 0 Å². The van der Waals surface area contributed by atoms with Gasteiger partial charge in [0.05, 0.1) is 18.9 Å². The summed E-state index contributed by atoms with van der Waals surface area (Å²) in [7, 11) is 0. The molecule has 0 N–H and O–H groups in total. The van der Waals surface area contributed by atoms with Gasteiger partial charge in [-0.05, 0) is 29.5 Å². The zero-order chi connectivity index (χ0) is 18.6. The molecule has 1 aromatic heterocycles. The monoisotopic (exact) mass is 371 g/mol. The molecule has 1 saturated heterocycles. The van der Waals surface area contributed by atoms with E-state index in [4.69, 9.17) is 9.72 Å². The van der Waals surface area contributed by atoms with Crippen molar-refractivity contribution >= 4 is 11.8 Å². The summed E-state index contributed by atoms with van der Waals surface area (Å²) >= 11 is 1.71. The lowest BCUT2D eigenvalue weighted by atomic mass is 9.87. The maximum atomic E-state index is 5.42. The normalized spacial score (nSPS) is 16.0. The first-order chi connectivity index (χ1) is 12.4. The van der Waals surface area contributed by atoms with Crippen LogP contribution in [0.15, 0.2) is 35.5 Å². The number of hydrogen-bond donors (Lipinski definition) is 0. The average Bonchev–Trinajstić information content (AvgIpc) is 2.60. The van der Waals surface area contributed by atoms with E-state index in [2.05, 4.69) is 61.0 Å². The molecule has 1 aromatic carbocycles. The number of rotatable bonds is 5. The van der Waals surface area contributed by atoms with Crippen molar-refractivity contribution in [2.45, 2.75) is 50.6 Å². The number of benzene rings is 1. The van der Waals surface area contributed by atoms with E-state index in [9.17, 15) is 0 Å². The molecule has 140 valence electrons. The first-order valence-electron chi connectivity index (χ1n) is 9.27. The van der Waals surface area contributed by atoms with E-state index >= 15 is 0 Å². The van der Waals surface area contributed by atoms with Crippen LogP contribution in [-0.4, -0.2) is 41.2 Å². The number of aromatic nitrogens is 2. The molecule has 4 nitrogen and oxygen atoms in total. The fraction of sp³-hybridized carbons (Fsp3) is 0.524. The molecule has 0 bridgehead atoms. The van der Waals surface area contributed by atoms with E-state index in [1.54, 1.807) is 11.8 Å². The maximum absolute atomic E-state index is 5.42. The van der Waals surface area contributed by atoms with Crippen molar-refractivity contribution in [1.82, 2.24) is 14.9 Å². The van der Waals surface area contributed by atoms with Gasteiger partial charge in [-0.1, -0.05) is 56.8 Å². The highest BCUT2D eigenvalue weighted by Gasteiger charge is 2.14. The standard InChI is InChI=1S/C21H29N3OS/c1-16-13-19(14-24-9-11-25-12-10-24)23-20(22-16)26-15-17-5-7-18(8-6-17)21(2,3)4/h5-8,13H,9-12,14-15H2,1-4H3. The van der Waals surface area contributed by atoms with E-state index in [-0.39, 0.29) is 5.41 Å². The fourth-order valence-electron chi connectivity index (χ4n) is 2.99. The summed E-state index contributed by atoms with van der Waals surface area (Å²) in [6.45, 7) is 13.2. The number of thioether (sulfide) groups is 1. The second kappa shape index (κ2) is 8.51. The zero-order valence-corrected chi connectivity index (χ0v) is 17.1. The van der Waals surface area contributed by atoms with Gasteiger partial charge in [0.25, 0.3) is 0 Å². The van der Waals surface area contributed by atoms with Crippen molar-refractivity contribution in [1.29, 1.82) is 0 Å². The molecule has 0 unspecified atom stereocenters. The summed E-state index contributed by atoms with van der Waals surface area (Å²) in [5.74, 6) is 0.894. The summed E-state index contributed by atoms with van der Waals surface area (Å²) in [4.78, 5) is 11.8. The molecule has 0 radical (unpaired) electrons. The van der Waals surface area contributed by atoms with Gasteiger partial charge in [-0.3, -0.25) is 4.90 Å². The lowest BCUT2D eigenvalue weighted by Crippen LogP contribution is -2.35. The van der Waals surface area contributed by atoms with Crippen LogP contribution >= 0.6 is 11.8 Å². The number of aryl methyl sites for hydroxylation is 1. The molecule has 0 aliphatic carbocycles. The Morgan fingerprint density at radius 2 is 1.77 bits per heavy atom. The van der Waals surface area contributed by atoms with E-state index in [1.165, 1.54) is 11.1 Å². The van der Waals surface area contributed by atoms with Gasteiger partial charge in [-0.15, -0.1) is 0 Å². The Labute approximate surface area is 161 Å². The Bertz CT molecular complexity index is 719. The van der Waals surface area contributed by atoms with Gasteiger partial charge in [-0.2, -0.15) is 0 Å². The lowest BCUT2D eigenvalue weighted by molar-refractivity contribution is 0.0335. The van der Waals surface area contributed by atoms with Crippen LogP contribution in [0.1, 0.15) is 43.3 Å². The fourth-order valence-corrected chi connectivity index (χ4v) is 3.87. The predicted molar refractivity (Wildman–Crippen MR) is 108 cm³/mol. The molecule has 0 amide bonds. The van der Waals surface area contributed by atoms with E-state index in [0.29, 0.717) is 0 Å². The molecule has 26 heavy (non-hydrogen) atoms. The molecule has 3 rings (SSSR count). The van der Waals surface area contributed by atoms with Gasteiger partial charge in [0, 0.05) is 31.1 Å². The van der Waals surface area contributed by atoms with Crippen molar-refractivity contribution in [3.63, 3.8) is 0 Å². The second-order valence-corrected chi connectivity index (χ2v) is 8.85. The zero-order valence-electron chi connectivity index (χ0n) is 16.3. The van der Waals surface area contributed by atoms with Crippen LogP contribution in [0.3, 0.4) is 0 Å². The first-order valence-corrected chi connectivity index (χ1v) is 10.3. The third kappa shape index (κ3) is 5.53. The van der Waals surface area contributed by atoms with Gasteiger partial charge in [-0.25, -0.2) is 9.97 Å². The van der Waals surface area contributed by atoms with E-state index < -0.39 is 0 Å². The average molecular weight is 372 g/mol. The molecule has 0 spiro atoms. The highest BCUT2D eigenvalue weighted by molar-refractivity contribution is 7.98. The molecule has 0 saturated carbocycles. The topological polar surface area (TPSA) is 38.2 Å². The minimum atomic E-state index is 0.194. The minimum Gasteiger partial charge on any atom is -0.379 e. The molecule has 1 fully saturated rings. The number of hydrogen-bond acceptors (Lipinski definition) is 5. The Morgan fingerprint density at radius 3 is 2.42 bits per heavy atom. The summed E-state index contributed by atoms with van der Waals surface area (Å²) < 4.78 is 5.42. The van der Waals surface area contributed by atoms with Gasteiger partial charge in [0.15, 0.2) is 5.16 Å². The van der Waals surface area contributed by atoms with Crippen LogP contribution in [0.5, 0.6) is 0 Å².